The Labute approximate surface area is 149 Å². The van der Waals surface area contributed by atoms with Crippen LogP contribution in [0, 0.1) is 0 Å². The van der Waals surface area contributed by atoms with Gasteiger partial charge in [-0.15, -0.1) is 0 Å². The summed E-state index contributed by atoms with van der Waals surface area (Å²) in [6, 6.07) is 1.73. The molecule has 3 unspecified atom stereocenters. The van der Waals surface area contributed by atoms with Gasteiger partial charge in [-0.2, -0.15) is 13.2 Å². The Kier molecular flexibility index (Phi) is 6.44. The lowest BCUT2D eigenvalue weighted by Gasteiger charge is -2.40. The summed E-state index contributed by atoms with van der Waals surface area (Å²) in [6.07, 6.45) is -8.59. The van der Waals surface area contributed by atoms with Gasteiger partial charge in [0.1, 0.15) is 17.6 Å². The molecule has 1 saturated heterocycles. The number of rotatable bonds is 4. The van der Waals surface area contributed by atoms with E-state index in [9.17, 15) is 28.5 Å². The molecule has 1 aliphatic rings. The molecule has 25 heavy (non-hydrogen) atoms. The fourth-order valence-electron chi connectivity index (χ4n) is 2.29. The Morgan fingerprint density at radius 1 is 1.32 bits per heavy atom. The van der Waals surface area contributed by atoms with Gasteiger partial charge in [0.15, 0.2) is 0 Å². The van der Waals surface area contributed by atoms with E-state index in [1.807, 2.05) is 0 Å². The Morgan fingerprint density at radius 3 is 2.52 bits per heavy atom. The van der Waals surface area contributed by atoms with Crippen LogP contribution in [0.5, 0.6) is 0 Å². The van der Waals surface area contributed by atoms with Crippen molar-refractivity contribution in [1.82, 2.24) is 0 Å². The van der Waals surface area contributed by atoms with E-state index in [4.69, 9.17) is 21.9 Å². The molecule has 1 heterocycles. The van der Waals surface area contributed by atoms with Gasteiger partial charge in [-0.25, -0.2) is 0 Å². The first kappa shape index (κ1) is 20.1. The van der Waals surface area contributed by atoms with Crippen molar-refractivity contribution in [2.45, 2.75) is 40.9 Å². The maximum absolute atomic E-state index is 12.7. The number of halogens is 4. The van der Waals surface area contributed by atoms with Gasteiger partial charge >= 0.3 is 6.18 Å². The molecule has 7 nitrogen and oxygen atoms in total. The molecule has 1 aromatic carbocycles. The van der Waals surface area contributed by atoms with Crippen molar-refractivity contribution in [3.8, 4) is 0 Å². The van der Waals surface area contributed by atoms with Crippen molar-refractivity contribution < 1.29 is 33.2 Å². The smallest absolute Gasteiger partial charge is 0.394 e. The van der Waals surface area contributed by atoms with Crippen LogP contribution in [-0.4, -0.2) is 51.7 Å². The summed E-state index contributed by atoms with van der Waals surface area (Å²) < 4.78 is 43.5. The summed E-state index contributed by atoms with van der Waals surface area (Å²) in [5.74, 6) is 0. The van der Waals surface area contributed by atoms with E-state index in [2.05, 4.69) is 10.0 Å². The molecule has 12 heteroatoms. The summed E-state index contributed by atoms with van der Waals surface area (Å²) in [6.45, 7) is -0.601. The van der Waals surface area contributed by atoms with Gasteiger partial charge in [0.05, 0.1) is 29.3 Å². The Hall–Kier alpha value is -1.20. The van der Waals surface area contributed by atoms with Crippen LogP contribution < -0.4 is 0 Å². The van der Waals surface area contributed by atoms with Gasteiger partial charge in [0, 0.05) is 9.81 Å². The zero-order chi connectivity index (χ0) is 18.8. The molecule has 0 amide bonds. The molecule has 0 spiro atoms. The molecule has 5 atom stereocenters. The summed E-state index contributed by atoms with van der Waals surface area (Å²) in [4.78, 5) is 2.79. The van der Waals surface area contributed by atoms with E-state index < -0.39 is 53.2 Å². The number of benzene rings is 1. The SMILES string of the molecule is [N-]=[N+]=NC1C(O)[C@@H](Sc2ccc(C(F)(F)F)c(Cl)c2)OC(CO)[C@@H]1O. The fraction of sp³-hybridized carbons (Fsp3) is 0.538. The van der Waals surface area contributed by atoms with Crippen LogP contribution in [0.2, 0.25) is 5.02 Å². The minimum absolute atomic E-state index is 0.259. The topological polar surface area (TPSA) is 119 Å². The van der Waals surface area contributed by atoms with Crippen LogP contribution >= 0.6 is 23.4 Å². The zero-order valence-corrected chi connectivity index (χ0v) is 13.9. The molecule has 138 valence electrons. The first-order valence-electron chi connectivity index (χ1n) is 6.89. The monoisotopic (exact) mass is 399 g/mol. The van der Waals surface area contributed by atoms with Crippen molar-refractivity contribution in [3.05, 3.63) is 39.2 Å². The van der Waals surface area contributed by atoms with E-state index >= 15 is 0 Å². The maximum atomic E-state index is 12.7. The van der Waals surface area contributed by atoms with E-state index in [1.165, 1.54) is 0 Å². The van der Waals surface area contributed by atoms with Crippen LogP contribution in [0.3, 0.4) is 0 Å². The van der Waals surface area contributed by atoms with Crippen molar-refractivity contribution in [2.24, 2.45) is 5.11 Å². The average Bonchev–Trinajstić information content (AvgIpc) is 2.53. The largest absolute Gasteiger partial charge is 0.417 e. The molecule has 2 rings (SSSR count). The lowest BCUT2D eigenvalue weighted by molar-refractivity contribution is -0.159. The van der Waals surface area contributed by atoms with Crippen LogP contribution in [0.4, 0.5) is 13.2 Å². The highest BCUT2D eigenvalue weighted by Crippen LogP contribution is 2.39. The van der Waals surface area contributed by atoms with Crippen LogP contribution in [0.15, 0.2) is 28.2 Å². The number of ether oxygens (including phenoxy) is 1. The van der Waals surface area contributed by atoms with Crippen LogP contribution in [0.1, 0.15) is 5.56 Å². The lowest BCUT2D eigenvalue weighted by atomic mass is 9.98. The van der Waals surface area contributed by atoms with E-state index in [0.29, 0.717) is 0 Å². The average molecular weight is 400 g/mol. The summed E-state index contributed by atoms with van der Waals surface area (Å²) in [5.41, 5.74) is 6.44. The number of thioether (sulfide) groups is 1. The molecule has 0 aromatic heterocycles. The highest BCUT2D eigenvalue weighted by Gasteiger charge is 2.44. The fourth-order valence-corrected chi connectivity index (χ4v) is 3.75. The molecule has 1 aromatic rings. The lowest BCUT2D eigenvalue weighted by Crippen LogP contribution is -2.56. The maximum Gasteiger partial charge on any atom is 0.417 e. The van der Waals surface area contributed by atoms with Crippen LogP contribution in [0.25, 0.3) is 10.4 Å². The third-order valence-corrected chi connectivity index (χ3v) is 4.99. The number of hydrogen-bond acceptors (Lipinski definition) is 6. The minimum atomic E-state index is -4.60. The second-order valence-electron chi connectivity index (χ2n) is 5.16. The molecule has 0 aliphatic carbocycles. The van der Waals surface area contributed by atoms with Crippen LogP contribution in [-0.2, 0) is 10.9 Å². The van der Waals surface area contributed by atoms with E-state index in [0.717, 1.165) is 30.0 Å². The third kappa shape index (κ3) is 4.50. The number of aliphatic hydroxyl groups is 3. The Bertz CT molecular complexity index is 674. The number of azide groups is 1. The molecule has 1 aliphatic heterocycles. The van der Waals surface area contributed by atoms with E-state index in [-0.39, 0.29) is 4.90 Å². The molecule has 0 saturated carbocycles. The molecule has 1 fully saturated rings. The first-order chi connectivity index (χ1) is 11.7. The predicted octanol–water partition coefficient (Wildman–Crippen LogP) is 2.57. The number of aliphatic hydroxyl groups excluding tert-OH is 3. The number of hydrogen-bond donors (Lipinski definition) is 3. The summed E-state index contributed by atoms with van der Waals surface area (Å²) in [7, 11) is 0. The highest BCUT2D eigenvalue weighted by atomic mass is 35.5. The van der Waals surface area contributed by atoms with Crippen molar-refractivity contribution in [1.29, 1.82) is 0 Å². The normalized spacial score (nSPS) is 30.0. The van der Waals surface area contributed by atoms with Gasteiger partial charge in [-0.05, 0) is 23.7 Å². The number of nitrogens with zero attached hydrogens (tertiary/aromatic N) is 3. The Balaban J connectivity index is 2.23. The zero-order valence-electron chi connectivity index (χ0n) is 12.3. The third-order valence-electron chi connectivity index (χ3n) is 3.53. The summed E-state index contributed by atoms with van der Waals surface area (Å²) in [5, 5.41) is 32.1. The second-order valence-corrected chi connectivity index (χ2v) is 6.74. The quantitative estimate of drug-likeness (QED) is 0.408. The first-order valence-corrected chi connectivity index (χ1v) is 8.15. The highest BCUT2D eigenvalue weighted by molar-refractivity contribution is 7.99. The molecule has 0 radical (unpaired) electrons. The Morgan fingerprint density at radius 2 is 2.00 bits per heavy atom. The molecule has 3 N–H and O–H groups in total. The van der Waals surface area contributed by atoms with Gasteiger partial charge < -0.3 is 20.1 Å². The van der Waals surface area contributed by atoms with Crippen molar-refractivity contribution in [3.63, 3.8) is 0 Å². The van der Waals surface area contributed by atoms with Gasteiger partial charge in [0.2, 0.25) is 0 Å². The van der Waals surface area contributed by atoms with E-state index in [1.54, 1.807) is 0 Å². The molecular weight excluding hydrogens is 387 g/mol. The standard InChI is InChI=1S/C13H13ClF3N3O4S/c14-7-3-5(1-2-6(7)13(15,16)17)25-12-11(23)9(19-20-18)10(22)8(4-21)24-12/h1-3,8-12,21-23H,4H2/t8?,9?,10-,11?,12+/m0/s1. The van der Waals surface area contributed by atoms with Crippen molar-refractivity contribution >= 4 is 23.4 Å². The second kappa shape index (κ2) is 8.00. The number of alkyl halides is 3. The van der Waals surface area contributed by atoms with Gasteiger partial charge in [0.25, 0.3) is 0 Å². The molecule has 0 bridgehead atoms. The predicted molar refractivity (Wildman–Crippen MR) is 83.0 cm³/mol. The minimum Gasteiger partial charge on any atom is -0.394 e. The summed E-state index contributed by atoms with van der Waals surface area (Å²) >= 11 is 6.47. The molecular formula is C13H13ClF3N3O4S. The van der Waals surface area contributed by atoms with Gasteiger partial charge in [-0.1, -0.05) is 28.5 Å². The van der Waals surface area contributed by atoms with Crippen molar-refractivity contribution in [2.75, 3.05) is 6.61 Å². The van der Waals surface area contributed by atoms with Gasteiger partial charge in [-0.3, -0.25) is 0 Å².